The zero-order chi connectivity index (χ0) is 39.8. The molecule has 282 valence electrons. The summed E-state index contributed by atoms with van der Waals surface area (Å²) in [4.78, 5) is 10.8. The number of fused-ring (bicyclic) bond motifs is 18. The third-order valence-electron chi connectivity index (χ3n) is 12.8. The van der Waals surface area contributed by atoms with Gasteiger partial charge in [0.25, 0.3) is 0 Å². The molecule has 0 radical (unpaired) electrons. The van der Waals surface area contributed by atoms with Crippen LogP contribution >= 0.6 is 11.3 Å². The maximum Gasteiger partial charge on any atom is 0.160 e. The number of thiophene rings is 1. The smallest absolute Gasteiger partial charge is 0.160 e. The molecule has 14 aromatic rings. The van der Waals surface area contributed by atoms with Crippen LogP contribution < -0.4 is 0 Å². The monoisotopic (exact) mass is 793 g/mol. The molecule has 0 N–H and O–H groups in total. The topological polar surface area (TPSA) is 43.9 Å². The second kappa shape index (κ2) is 12.3. The Labute approximate surface area is 352 Å². The molecule has 4 nitrogen and oxygen atoms in total. The maximum atomic E-state index is 6.90. The number of hydrogen-bond donors (Lipinski definition) is 0. The molecular formula is C56H31N3OS. The van der Waals surface area contributed by atoms with Crippen molar-refractivity contribution in [3.63, 3.8) is 0 Å². The molecule has 0 amide bonds. The van der Waals surface area contributed by atoms with E-state index in [1.54, 1.807) is 11.3 Å². The van der Waals surface area contributed by atoms with Crippen molar-refractivity contribution in [2.24, 2.45) is 0 Å². The first kappa shape index (κ1) is 33.0. The van der Waals surface area contributed by atoms with Gasteiger partial charge in [-0.3, -0.25) is 0 Å². The average Bonchev–Trinajstić information content (AvgIpc) is 4.02. The van der Waals surface area contributed by atoms with Gasteiger partial charge in [-0.25, -0.2) is 9.97 Å². The number of hydrogen-bond acceptors (Lipinski definition) is 4. The van der Waals surface area contributed by atoms with Crippen LogP contribution in [0.5, 0.6) is 0 Å². The maximum absolute atomic E-state index is 6.90. The van der Waals surface area contributed by atoms with Crippen LogP contribution in [-0.4, -0.2) is 14.5 Å². The van der Waals surface area contributed by atoms with Crippen LogP contribution in [0.3, 0.4) is 0 Å². The van der Waals surface area contributed by atoms with E-state index in [1.165, 1.54) is 58.6 Å². The molecule has 0 unspecified atom stereocenters. The van der Waals surface area contributed by atoms with Crippen molar-refractivity contribution < 1.29 is 4.42 Å². The van der Waals surface area contributed by atoms with Gasteiger partial charge >= 0.3 is 0 Å². The first-order valence-corrected chi connectivity index (χ1v) is 21.5. The molecule has 0 bridgehead atoms. The molecule has 0 spiro atoms. The highest BCUT2D eigenvalue weighted by atomic mass is 32.1. The van der Waals surface area contributed by atoms with E-state index in [0.717, 1.165) is 71.1 Å². The molecule has 4 aromatic heterocycles. The van der Waals surface area contributed by atoms with E-state index in [4.69, 9.17) is 14.4 Å². The highest BCUT2D eigenvalue weighted by Gasteiger charge is 2.24. The normalized spacial score (nSPS) is 12.3. The average molecular weight is 794 g/mol. The van der Waals surface area contributed by atoms with Gasteiger partial charge in [0.2, 0.25) is 0 Å². The van der Waals surface area contributed by atoms with Gasteiger partial charge in [-0.15, -0.1) is 11.3 Å². The molecule has 0 aliphatic carbocycles. The minimum absolute atomic E-state index is 0.703. The van der Waals surface area contributed by atoms with E-state index in [-0.39, 0.29) is 0 Å². The van der Waals surface area contributed by atoms with Gasteiger partial charge in [-0.2, -0.15) is 0 Å². The van der Waals surface area contributed by atoms with Crippen molar-refractivity contribution >= 4 is 118 Å². The Morgan fingerprint density at radius 3 is 1.85 bits per heavy atom. The molecule has 0 atom stereocenters. The summed E-state index contributed by atoms with van der Waals surface area (Å²) in [5.41, 5.74) is 9.02. The number of rotatable bonds is 3. The van der Waals surface area contributed by atoms with Gasteiger partial charge in [0.15, 0.2) is 11.4 Å². The second-order valence-electron chi connectivity index (χ2n) is 16.0. The molecule has 10 aromatic carbocycles. The Morgan fingerprint density at radius 2 is 1.03 bits per heavy atom. The fourth-order valence-corrected chi connectivity index (χ4v) is 11.2. The van der Waals surface area contributed by atoms with Crippen LogP contribution in [0.2, 0.25) is 0 Å². The molecule has 61 heavy (non-hydrogen) atoms. The van der Waals surface area contributed by atoms with Crippen LogP contribution in [0.15, 0.2) is 192 Å². The fourth-order valence-electron chi connectivity index (χ4n) is 10.0. The van der Waals surface area contributed by atoms with Crippen LogP contribution in [0.25, 0.3) is 135 Å². The van der Waals surface area contributed by atoms with Crippen molar-refractivity contribution in [1.29, 1.82) is 0 Å². The first-order chi connectivity index (χ1) is 30.2. The molecule has 0 fully saturated rings. The third kappa shape index (κ3) is 4.64. The van der Waals surface area contributed by atoms with Crippen molar-refractivity contribution in [1.82, 2.24) is 14.5 Å². The second-order valence-corrected chi connectivity index (χ2v) is 17.1. The van der Waals surface area contributed by atoms with E-state index < -0.39 is 0 Å². The van der Waals surface area contributed by atoms with Gasteiger partial charge in [0.1, 0.15) is 5.58 Å². The molecule has 4 heterocycles. The molecule has 0 saturated heterocycles. The number of nitrogens with zero attached hydrogens (tertiary/aromatic N) is 3. The van der Waals surface area contributed by atoms with Crippen molar-refractivity contribution in [2.45, 2.75) is 0 Å². The summed E-state index contributed by atoms with van der Waals surface area (Å²) in [7, 11) is 0. The van der Waals surface area contributed by atoms with Gasteiger partial charge in [0.05, 0.1) is 26.9 Å². The van der Waals surface area contributed by atoms with Gasteiger partial charge in [-0.05, 0) is 80.2 Å². The molecule has 0 aliphatic heterocycles. The lowest BCUT2D eigenvalue weighted by molar-refractivity contribution is 0.671. The highest BCUT2D eigenvalue weighted by Crippen LogP contribution is 2.47. The minimum Gasteiger partial charge on any atom is -0.454 e. The molecular weight excluding hydrogens is 763 g/mol. The van der Waals surface area contributed by atoms with E-state index in [0.29, 0.717) is 5.82 Å². The number of para-hydroxylation sites is 1. The Bertz CT molecular complexity index is 4170. The lowest BCUT2D eigenvalue weighted by atomic mass is 9.98. The van der Waals surface area contributed by atoms with Crippen LogP contribution in [0, 0.1) is 0 Å². The zero-order valence-electron chi connectivity index (χ0n) is 32.6. The van der Waals surface area contributed by atoms with Crippen molar-refractivity contribution in [3.05, 3.63) is 188 Å². The largest absolute Gasteiger partial charge is 0.454 e. The van der Waals surface area contributed by atoms with Crippen molar-refractivity contribution in [2.75, 3.05) is 0 Å². The predicted octanol–water partition coefficient (Wildman–Crippen LogP) is 15.8. The van der Waals surface area contributed by atoms with Gasteiger partial charge in [-0.1, -0.05) is 146 Å². The Kier molecular flexibility index (Phi) is 6.68. The predicted molar refractivity (Wildman–Crippen MR) is 257 cm³/mol. The SMILES string of the molecule is c1ccc2c(c1)ccc1ccc(-c3nc(-c4ccc(-n5c6c7ccccc7ccc6c6c7ccccc7c7c8ccccc8oc7c65)cc4)nc4c3sc3ccccc34)cc12. The van der Waals surface area contributed by atoms with Gasteiger partial charge in [0, 0.05) is 53.8 Å². The zero-order valence-corrected chi connectivity index (χ0v) is 33.4. The first-order valence-electron chi connectivity index (χ1n) is 20.6. The van der Waals surface area contributed by atoms with Crippen LogP contribution in [0.4, 0.5) is 0 Å². The molecule has 0 aliphatic rings. The third-order valence-corrected chi connectivity index (χ3v) is 13.9. The molecule has 14 rings (SSSR count). The number of benzene rings is 10. The summed E-state index contributed by atoms with van der Waals surface area (Å²) in [6.07, 6.45) is 0. The fraction of sp³-hybridized carbons (Fsp3) is 0. The standard InChI is InChI=1S/C56H31N3OS/c1-3-13-38-32(11-1)21-22-34-23-24-36(31-45(34)38)50-55-51(43-18-8-10-20-47(43)61-55)58-56(57-50)35-25-28-37(29-26-35)59-52-39-14-4-2-12-33(39)27-30-44(52)48-40-15-5-6-16-41(40)49-42-17-7-9-19-46(42)60-54(49)53(48)59/h1-31H. The Hall–Kier alpha value is -7.86. The minimum atomic E-state index is 0.703. The summed E-state index contributed by atoms with van der Waals surface area (Å²) in [6.45, 7) is 0. The van der Waals surface area contributed by atoms with E-state index in [2.05, 4.69) is 193 Å². The highest BCUT2D eigenvalue weighted by molar-refractivity contribution is 7.26. The summed E-state index contributed by atoms with van der Waals surface area (Å²) in [5.74, 6) is 0.703. The summed E-state index contributed by atoms with van der Waals surface area (Å²) < 4.78 is 11.6. The molecule has 0 saturated carbocycles. The summed E-state index contributed by atoms with van der Waals surface area (Å²) in [6, 6.07) is 67.6. The van der Waals surface area contributed by atoms with E-state index in [9.17, 15) is 0 Å². The van der Waals surface area contributed by atoms with Crippen LogP contribution in [0.1, 0.15) is 0 Å². The lowest BCUT2D eigenvalue weighted by Crippen LogP contribution is -1.97. The molecule has 5 heteroatoms. The van der Waals surface area contributed by atoms with Crippen LogP contribution in [-0.2, 0) is 0 Å². The van der Waals surface area contributed by atoms with E-state index >= 15 is 0 Å². The number of aromatic nitrogens is 3. The lowest BCUT2D eigenvalue weighted by Gasteiger charge is -2.12. The summed E-state index contributed by atoms with van der Waals surface area (Å²) >= 11 is 1.77. The van der Waals surface area contributed by atoms with Gasteiger partial charge < -0.3 is 8.98 Å². The quantitative estimate of drug-likeness (QED) is 0.167. The summed E-state index contributed by atoms with van der Waals surface area (Å²) in [5, 5.41) is 15.5. The van der Waals surface area contributed by atoms with E-state index in [1.807, 2.05) is 0 Å². The Balaban J connectivity index is 1.03. The van der Waals surface area contributed by atoms with Crippen molar-refractivity contribution in [3.8, 4) is 28.3 Å². The number of furan rings is 1. The Morgan fingerprint density at radius 1 is 0.426 bits per heavy atom.